The third-order valence-electron chi connectivity index (χ3n) is 2.66. The van der Waals surface area contributed by atoms with E-state index in [0.717, 1.165) is 7.11 Å². The maximum atomic E-state index is 9.22. The van der Waals surface area contributed by atoms with Crippen LogP contribution < -0.4 is 29.6 Å². The molecule has 0 aromatic heterocycles. The Bertz CT molecular complexity index is 233. The van der Waals surface area contributed by atoms with Gasteiger partial charge in [0.2, 0.25) is 10.4 Å². The molecule has 0 atom stereocenters. The van der Waals surface area contributed by atoms with Crippen molar-refractivity contribution in [2.24, 2.45) is 0 Å². The van der Waals surface area contributed by atoms with Gasteiger partial charge >= 0.3 is 29.6 Å². The molecular formula is C13H29NaO4S. The van der Waals surface area contributed by atoms with Crippen molar-refractivity contribution in [3.63, 3.8) is 0 Å². The fourth-order valence-corrected chi connectivity index (χ4v) is 1.56. The minimum Gasteiger partial charge on any atom is -0.726 e. The van der Waals surface area contributed by atoms with Crippen molar-refractivity contribution in [2.75, 3.05) is 7.11 Å². The van der Waals surface area contributed by atoms with E-state index in [9.17, 15) is 13.0 Å². The molecule has 0 heterocycles. The van der Waals surface area contributed by atoms with Crippen molar-refractivity contribution >= 4 is 10.4 Å². The summed E-state index contributed by atoms with van der Waals surface area (Å²) >= 11 is 0. The Kier molecular flexibility index (Phi) is 24.7. The van der Waals surface area contributed by atoms with Crippen molar-refractivity contribution in [1.82, 2.24) is 0 Å². The maximum absolute atomic E-state index is 9.22. The molecule has 112 valence electrons. The van der Waals surface area contributed by atoms with E-state index in [-0.39, 0.29) is 29.6 Å². The second kappa shape index (κ2) is 18.9. The third-order valence-corrected chi connectivity index (χ3v) is 3.07. The molecule has 0 aromatic rings. The summed E-state index contributed by atoms with van der Waals surface area (Å²) in [7, 11) is -3.60. The molecule has 0 saturated carbocycles. The number of rotatable bonds is 10. The maximum Gasteiger partial charge on any atom is 1.00 e. The number of hydrogen-bond donors (Lipinski definition) is 0. The average Bonchev–Trinajstić information content (AvgIpc) is 2.33. The van der Waals surface area contributed by atoms with Crippen LogP contribution in [-0.4, -0.2) is 20.1 Å². The van der Waals surface area contributed by atoms with E-state index in [1.165, 1.54) is 64.2 Å². The largest absolute Gasteiger partial charge is 1.00 e. The summed E-state index contributed by atoms with van der Waals surface area (Å²) in [5.74, 6) is 0. The third kappa shape index (κ3) is 32.4. The molecule has 0 amide bonds. The molecule has 0 fully saturated rings. The van der Waals surface area contributed by atoms with Crippen LogP contribution in [0.2, 0.25) is 0 Å². The average molecular weight is 304 g/mol. The first-order chi connectivity index (χ1) is 8.47. The molecule has 0 aliphatic rings. The SMILES string of the molecule is CCCCCCCCCCCC.COS(=O)(=O)[O-].[Na+]. The molecule has 6 heteroatoms. The Morgan fingerprint density at radius 3 is 1.16 bits per heavy atom. The standard InChI is InChI=1S/C12H26.CH4O4S.Na/c1-3-5-7-9-11-12-10-8-6-4-2;1-5-6(2,3)4;/h3-12H2,1-2H3;1H3,(H,2,3,4);/q;;+1/p-1. The van der Waals surface area contributed by atoms with Gasteiger partial charge in [0.15, 0.2) is 0 Å². The molecule has 0 rings (SSSR count). The van der Waals surface area contributed by atoms with Crippen molar-refractivity contribution in [1.29, 1.82) is 0 Å². The zero-order valence-corrected chi connectivity index (χ0v) is 15.9. The monoisotopic (exact) mass is 304 g/mol. The molecule has 0 unspecified atom stereocenters. The zero-order valence-electron chi connectivity index (χ0n) is 13.1. The van der Waals surface area contributed by atoms with E-state index in [0.29, 0.717) is 0 Å². The van der Waals surface area contributed by atoms with Crippen LogP contribution in [0.4, 0.5) is 0 Å². The van der Waals surface area contributed by atoms with Crippen LogP contribution in [0.5, 0.6) is 0 Å². The topological polar surface area (TPSA) is 66.4 Å². The van der Waals surface area contributed by atoms with E-state index >= 15 is 0 Å². The van der Waals surface area contributed by atoms with Crippen molar-refractivity contribution in [3.05, 3.63) is 0 Å². The predicted octanol–water partition coefficient (Wildman–Crippen LogP) is 1.02. The Balaban J connectivity index is -0.000000313. The molecule has 0 aliphatic carbocycles. The summed E-state index contributed by atoms with van der Waals surface area (Å²) in [6.07, 6.45) is 14.4. The fourth-order valence-electron chi connectivity index (χ4n) is 1.56. The van der Waals surface area contributed by atoms with E-state index in [4.69, 9.17) is 0 Å². The van der Waals surface area contributed by atoms with Gasteiger partial charge in [-0.2, -0.15) is 0 Å². The second-order valence-electron chi connectivity index (χ2n) is 4.40. The Morgan fingerprint density at radius 2 is 1.00 bits per heavy atom. The van der Waals surface area contributed by atoms with Crippen molar-refractivity contribution in [3.8, 4) is 0 Å². The molecular weight excluding hydrogens is 275 g/mol. The van der Waals surface area contributed by atoms with Crippen LogP contribution in [0, 0.1) is 0 Å². The summed E-state index contributed by atoms with van der Waals surface area (Å²) in [6, 6.07) is 0. The van der Waals surface area contributed by atoms with E-state index < -0.39 is 10.4 Å². The summed E-state index contributed by atoms with van der Waals surface area (Å²) in [6.45, 7) is 4.56. The Hall–Kier alpha value is 0.870. The van der Waals surface area contributed by atoms with Crippen molar-refractivity contribution < 1.29 is 46.7 Å². The minimum atomic E-state index is -4.41. The van der Waals surface area contributed by atoms with Gasteiger partial charge in [-0.1, -0.05) is 78.1 Å². The molecule has 4 nitrogen and oxygen atoms in total. The summed E-state index contributed by atoms with van der Waals surface area (Å²) in [5, 5.41) is 0. The normalized spacial score (nSPS) is 10.3. The van der Waals surface area contributed by atoms with Gasteiger partial charge in [0, 0.05) is 0 Å². The predicted molar refractivity (Wildman–Crippen MR) is 74.2 cm³/mol. The van der Waals surface area contributed by atoms with Gasteiger partial charge in [0.05, 0.1) is 7.11 Å². The van der Waals surface area contributed by atoms with Gasteiger partial charge in [-0.3, -0.25) is 4.18 Å². The number of unbranched alkanes of at least 4 members (excludes halogenated alkanes) is 9. The van der Waals surface area contributed by atoms with E-state index in [2.05, 4.69) is 18.0 Å². The van der Waals surface area contributed by atoms with Crippen LogP contribution >= 0.6 is 0 Å². The molecule has 0 bridgehead atoms. The zero-order chi connectivity index (χ0) is 14.3. The van der Waals surface area contributed by atoms with Gasteiger partial charge in [-0.25, -0.2) is 8.42 Å². The van der Waals surface area contributed by atoms with Gasteiger partial charge in [-0.15, -0.1) is 0 Å². The molecule has 0 aromatic carbocycles. The first kappa shape index (κ1) is 24.9. The summed E-state index contributed by atoms with van der Waals surface area (Å²) in [5.41, 5.74) is 0. The smallest absolute Gasteiger partial charge is 0.726 e. The summed E-state index contributed by atoms with van der Waals surface area (Å²) in [4.78, 5) is 0. The van der Waals surface area contributed by atoms with Gasteiger partial charge < -0.3 is 4.55 Å². The van der Waals surface area contributed by atoms with Crippen LogP contribution in [0.1, 0.15) is 78.1 Å². The van der Waals surface area contributed by atoms with Crippen LogP contribution in [0.3, 0.4) is 0 Å². The number of hydrogen-bond acceptors (Lipinski definition) is 4. The van der Waals surface area contributed by atoms with Gasteiger partial charge in [-0.05, 0) is 0 Å². The first-order valence-corrected chi connectivity index (χ1v) is 8.32. The molecule has 0 spiro atoms. The molecule has 0 N–H and O–H groups in total. The van der Waals surface area contributed by atoms with Gasteiger partial charge in [0.25, 0.3) is 0 Å². The van der Waals surface area contributed by atoms with Crippen molar-refractivity contribution in [2.45, 2.75) is 78.1 Å². The quantitative estimate of drug-likeness (QED) is 0.262. The molecule has 0 saturated heterocycles. The first-order valence-electron chi connectivity index (χ1n) is 6.99. The van der Waals surface area contributed by atoms with Crippen LogP contribution in [0.15, 0.2) is 0 Å². The second-order valence-corrected chi connectivity index (χ2v) is 5.55. The molecule has 0 aliphatic heterocycles. The minimum absolute atomic E-state index is 0. The fraction of sp³-hybridized carbons (Fsp3) is 1.00. The van der Waals surface area contributed by atoms with Crippen LogP contribution in [-0.2, 0) is 14.6 Å². The van der Waals surface area contributed by atoms with E-state index in [1.807, 2.05) is 0 Å². The molecule has 0 radical (unpaired) electrons. The Morgan fingerprint density at radius 1 is 0.789 bits per heavy atom. The van der Waals surface area contributed by atoms with Crippen LogP contribution in [0.25, 0.3) is 0 Å². The molecule has 19 heavy (non-hydrogen) atoms. The van der Waals surface area contributed by atoms with Gasteiger partial charge in [0.1, 0.15) is 0 Å². The van der Waals surface area contributed by atoms with E-state index in [1.54, 1.807) is 0 Å². The summed E-state index contributed by atoms with van der Waals surface area (Å²) < 4.78 is 31.0. The Labute approximate surface area is 141 Å².